The Morgan fingerprint density at radius 1 is 1.15 bits per heavy atom. The molecule has 1 atom stereocenters. The van der Waals surface area contributed by atoms with Crippen molar-refractivity contribution in [3.63, 3.8) is 0 Å². The van der Waals surface area contributed by atoms with Crippen molar-refractivity contribution in [3.05, 3.63) is 77.2 Å². The second kappa shape index (κ2) is 6.42. The molecule has 4 amide bonds. The van der Waals surface area contributed by atoms with Crippen molar-refractivity contribution in [2.75, 3.05) is 5.32 Å². The quantitative estimate of drug-likeness (QED) is 0.674. The lowest BCUT2D eigenvalue weighted by Crippen LogP contribution is -2.42. The number of halogens is 1. The zero-order valence-electron chi connectivity index (χ0n) is 14.6. The number of hydrogen-bond acceptors (Lipinski definition) is 2. The molecule has 2 aliphatic rings. The Morgan fingerprint density at radius 3 is 2.59 bits per heavy atom. The summed E-state index contributed by atoms with van der Waals surface area (Å²) in [6, 6.07) is 11.1. The van der Waals surface area contributed by atoms with Crippen molar-refractivity contribution < 1.29 is 14.0 Å². The van der Waals surface area contributed by atoms with Gasteiger partial charge < -0.3 is 21.3 Å². The highest BCUT2D eigenvalue weighted by Crippen LogP contribution is 2.37. The summed E-state index contributed by atoms with van der Waals surface area (Å²) in [5.41, 5.74) is 3.86. The summed E-state index contributed by atoms with van der Waals surface area (Å²) in [6.45, 7) is 4.26. The van der Waals surface area contributed by atoms with Gasteiger partial charge in [-0.05, 0) is 41.0 Å². The van der Waals surface area contributed by atoms with Crippen LogP contribution in [0.2, 0.25) is 0 Å². The SMILES string of the molecule is C=C1NC(=O)NC12Cc1ccc(NC(=O)NCc3ccc(F)cc3)cc1C2. The van der Waals surface area contributed by atoms with E-state index in [0.29, 0.717) is 30.8 Å². The molecule has 0 radical (unpaired) electrons. The molecule has 7 heteroatoms. The van der Waals surface area contributed by atoms with Crippen molar-refractivity contribution in [1.29, 1.82) is 0 Å². The van der Waals surface area contributed by atoms with Crippen LogP contribution in [0.1, 0.15) is 16.7 Å². The summed E-state index contributed by atoms with van der Waals surface area (Å²) in [6.07, 6.45) is 1.31. The first-order valence-corrected chi connectivity index (χ1v) is 8.63. The largest absolute Gasteiger partial charge is 0.334 e. The maximum Gasteiger partial charge on any atom is 0.319 e. The van der Waals surface area contributed by atoms with Crippen LogP contribution < -0.4 is 21.3 Å². The van der Waals surface area contributed by atoms with Crippen molar-refractivity contribution in [2.24, 2.45) is 0 Å². The van der Waals surface area contributed by atoms with Gasteiger partial charge in [-0.15, -0.1) is 0 Å². The lowest BCUT2D eigenvalue weighted by atomic mass is 9.94. The molecule has 0 aromatic heterocycles. The van der Waals surface area contributed by atoms with Crippen molar-refractivity contribution in [2.45, 2.75) is 24.9 Å². The molecule has 1 fully saturated rings. The van der Waals surface area contributed by atoms with Gasteiger partial charge in [0.05, 0.1) is 5.54 Å². The molecular weight excluding hydrogens is 347 g/mol. The number of fused-ring (bicyclic) bond motifs is 1. The highest BCUT2D eigenvalue weighted by molar-refractivity contribution is 5.89. The monoisotopic (exact) mass is 366 g/mol. The smallest absolute Gasteiger partial charge is 0.319 e. The standard InChI is InChI=1S/C20H19FN4O2/c1-12-20(25-19(27)23-12)9-14-4-7-17(8-15(14)10-20)24-18(26)22-11-13-2-5-16(21)6-3-13/h2-8H,1,9-11H2,(H2,22,24,26)(H2,23,25,27). The van der Waals surface area contributed by atoms with Gasteiger partial charge in [0, 0.05) is 30.8 Å². The van der Waals surface area contributed by atoms with Crippen molar-refractivity contribution >= 4 is 17.7 Å². The molecule has 2 aromatic rings. The summed E-state index contributed by atoms with van der Waals surface area (Å²) in [5.74, 6) is -0.310. The molecule has 6 nitrogen and oxygen atoms in total. The Kier molecular flexibility index (Phi) is 4.07. The van der Waals surface area contributed by atoms with Gasteiger partial charge in [0.25, 0.3) is 0 Å². The zero-order chi connectivity index (χ0) is 19.0. The molecule has 1 aliphatic heterocycles. The lowest BCUT2D eigenvalue weighted by molar-refractivity contribution is 0.244. The minimum absolute atomic E-state index is 0.230. The van der Waals surface area contributed by atoms with E-state index < -0.39 is 5.54 Å². The van der Waals surface area contributed by atoms with Crippen molar-refractivity contribution in [1.82, 2.24) is 16.0 Å². The van der Waals surface area contributed by atoms with E-state index in [1.54, 1.807) is 12.1 Å². The van der Waals surface area contributed by atoms with E-state index in [0.717, 1.165) is 16.7 Å². The van der Waals surface area contributed by atoms with Gasteiger partial charge in [0.1, 0.15) is 5.82 Å². The Labute approximate surface area is 155 Å². The van der Waals surface area contributed by atoms with Crippen LogP contribution in [-0.4, -0.2) is 17.6 Å². The van der Waals surface area contributed by atoms with E-state index in [-0.39, 0.29) is 17.9 Å². The zero-order valence-corrected chi connectivity index (χ0v) is 14.6. The van der Waals surface area contributed by atoms with E-state index in [1.165, 1.54) is 12.1 Å². The Morgan fingerprint density at radius 2 is 1.89 bits per heavy atom. The Balaban J connectivity index is 1.39. The predicted octanol–water partition coefficient (Wildman–Crippen LogP) is 2.81. The molecule has 4 N–H and O–H groups in total. The van der Waals surface area contributed by atoms with Crippen LogP contribution in [0.25, 0.3) is 0 Å². The number of hydrogen-bond donors (Lipinski definition) is 4. The number of anilines is 1. The molecule has 138 valence electrons. The topological polar surface area (TPSA) is 82.3 Å². The third kappa shape index (κ3) is 3.36. The summed E-state index contributed by atoms with van der Waals surface area (Å²) < 4.78 is 12.9. The van der Waals surface area contributed by atoms with E-state index in [1.807, 2.05) is 18.2 Å². The summed E-state index contributed by atoms with van der Waals surface area (Å²) >= 11 is 0. The molecule has 1 heterocycles. The minimum Gasteiger partial charge on any atom is -0.334 e. The molecule has 0 saturated carbocycles. The Hall–Kier alpha value is -3.35. The maximum atomic E-state index is 12.9. The van der Waals surface area contributed by atoms with Gasteiger partial charge in [-0.25, -0.2) is 14.0 Å². The lowest BCUT2D eigenvalue weighted by Gasteiger charge is -2.22. The molecule has 1 spiro atoms. The van der Waals surface area contributed by atoms with Gasteiger partial charge >= 0.3 is 12.1 Å². The molecule has 1 aliphatic carbocycles. The maximum absolute atomic E-state index is 12.9. The van der Waals surface area contributed by atoms with Gasteiger partial charge in [-0.1, -0.05) is 24.8 Å². The number of benzene rings is 2. The molecule has 4 rings (SSSR count). The van der Waals surface area contributed by atoms with Crippen LogP contribution in [0.4, 0.5) is 19.7 Å². The average Bonchev–Trinajstić information content (AvgIpc) is 3.12. The van der Waals surface area contributed by atoms with Gasteiger partial charge in [0.15, 0.2) is 0 Å². The fourth-order valence-corrected chi connectivity index (χ4v) is 3.60. The van der Waals surface area contributed by atoms with E-state index in [4.69, 9.17) is 0 Å². The summed E-state index contributed by atoms with van der Waals surface area (Å²) in [4.78, 5) is 23.7. The predicted molar refractivity (Wildman–Crippen MR) is 99.6 cm³/mol. The van der Waals surface area contributed by atoms with E-state index in [9.17, 15) is 14.0 Å². The fraction of sp³-hybridized carbons (Fsp3) is 0.200. The van der Waals surface area contributed by atoms with E-state index >= 15 is 0 Å². The number of carbonyl (C=O) groups is 2. The van der Waals surface area contributed by atoms with Crippen molar-refractivity contribution in [3.8, 4) is 0 Å². The first-order valence-electron chi connectivity index (χ1n) is 8.63. The molecule has 1 saturated heterocycles. The van der Waals surface area contributed by atoms with Crippen LogP contribution in [0.15, 0.2) is 54.7 Å². The third-order valence-corrected chi connectivity index (χ3v) is 5.01. The number of amides is 4. The van der Waals surface area contributed by atoms with E-state index in [2.05, 4.69) is 27.8 Å². The average molecular weight is 366 g/mol. The first kappa shape index (κ1) is 17.1. The van der Waals surface area contributed by atoms with Gasteiger partial charge in [-0.3, -0.25) is 0 Å². The highest BCUT2D eigenvalue weighted by atomic mass is 19.1. The first-order chi connectivity index (χ1) is 12.9. The van der Waals surface area contributed by atoms with Gasteiger partial charge in [-0.2, -0.15) is 0 Å². The van der Waals surface area contributed by atoms with Crippen LogP contribution in [-0.2, 0) is 19.4 Å². The number of rotatable bonds is 3. The normalized spacial score (nSPS) is 20.2. The molecule has 1 unspecified atom stereocenters. The van der Waals surface area contributed by atoms with Crippen LogP contribution in [0, 0.1) is 5.82 Å². The molecule has 27 heavy (non-hydrogen) atoms. The highest BCUT2D eigenvalue weighted by Gasteiger charge is 2.45. The van der Waals surface area contributed by atoms with Crippen LogP contribution >= 0.6 is 0 Å². The third-order valence-electron chi connectivity index (χ3n) is 5.01. The second-order valence-electron chi connectivity index (χ2n) is 6.91. The second-order valence-corrected chi connectivity index (χ2v) is 6.91. The molecule has 2 aromatic carbocycles. The fourth-order valence-electron chi connectivity index (χ4n) is 3.60. The number of carbonyl (C=O) groups excluding carboxylic acids is 2. The number of nitrogens with one attached hydrogen (secondary N) is 4. The minimum atomic E-state index is -0.483. The Bertz CT molecular complexity index is 941. The van der Waals surface area contributed by atoms with Crippen LogP contribution in [0.3, 0.4) is 0 Å². The van der Waals surface area contributed by atoms with Crippen LogP contribution in [0.5, 0.6) is 0 Å². The van der Waals surface area contributed by atoms with Gasteiger partial charge in [0.2, 0.25) is 0 Å². The number of urea groups is 2. The molecule has 0 bridgehead atoms. The molecular formula is C20H19FN4O2. The summed E-state index contributed by atoms with van der Waals surface area (Å²) in [5, 5.41) is 11.2. The summed E-state index contributed by atoms with van der Waals surface area (Å²) in [7, 11) is 0.